The van der Waals surface area contributed by atoms with Gasteiger partial charge in [-0.25, -0.2) is 22.4 Å². The van der Waals surface area contributed by atoms with Crippen LogP contribution in [0.1, 0.15) is 0 Å². The first-order chi connectivity index (χ1) is 2.64. The fraction of sp³-hybridized carbons (Fsp3) is 1.00. The van der Waals surface area contributed by atoms with Gasteiger partial charge < -0.3 is 4.31 Å². The largest absolute Gasteiger partial charge is 0.388 e. The van der Waals surface area contributed by atoms with E-state index in [1.165, 1.54) is 0 Å². The summed E-state index contributed by atoms with van der Waals surface area (Å²) in [4.78, 5) is 0. The fourth-order valence-corrected chi connectivity index (χ4v) is 0. The molecule has 0 amide bonds. The van der Waals surface area contributed by atoms with Gasteiger partial charge in [0, 0.05) is 0 Å². The third-order valence-electron chi connectivity index (χ3n) is 0.298. The molecule has 0 aliphatic carbocycles. The van der Waals surface area contributed by atoms with Crippen LogP contribution in [0.2, 0.25) is 0 Å². The molecule has 0 aromatic rings. The molecule has 0 aromatic carbocycles. The molecule has 0 aromatic heterocycles. The van der Waals surface area contributed by atoms with E-state index in [0.29, 0.717) is 0 Å². The van der Waals surface area contributed by atoms with Crippen molar-refractivity contribution in [2.45, 2.75) is 0 Å². The smallest absolute Gasteiger partial charge is 0.0322 e. The minimum atomic E-state index is -0.367. The summed E-state index contributed by atoms with van der Waals surface area (Å²) in [6, 6.07) is 0. The fourth-order valence-electron chi connectivity index (χ4n) is 0. The molecule has 0 aliphatic heterocycles. The molecule has 1 nitrogen and oxygen atoms in total. The maximum absolute atomic E-state index is 4.67. The van der Waals surface area contributed by atoms with Crippen molar-refractivity contribution in [3.8, 4) is 0 Å². The Labute approximate surface area is 49.3 Å². The molecule has 4 heteroatoms. The highest BCUT2D eigenvalue weighted by Crippen LogP contribution is 1.68. The lowest BCUT2D eigenvalue weighted by molar-refractivity contribution is 0.708. The lowest BCUT2D eigenvalue weighted by Gasteiger charge is -2.12. The van der Waals surface area contributed by atoms with Crippen LogP contribution in [0.3, 0.4) is 0 Å². The van der Waals surface area contributed by atoms with Crippen LogP contribution in [0.15, 0.2) is 0 Å². The van der Waals surface area contributed by atoms with Gasteiger partial charge in [-0.3, -0.25) is 8.20 Å². The van der Waals surface area contributed by atoms with Crippen molar-refractivity contribution in [2.24, 2.45) is 0 Å². The van der Waals surface area contributed by atoms with Crippen LogP contribution in [-0.4, -0.2) is 18.4 Å². The Bertz CT molecular complexity index is 85.0. The third kappa shape index (κ3) is 2.96. The molecule has 0 radical (unpaired) electrons. The predicted molar refractivity (Wildman–Crippen MR) is 35.8 cm³/mol. The van der Waals surface area contributed by atoms with Crippen LogP contribution < -0.4 is 0 Å². The van der Waals surface area contributed by atoms with Crippen molar-refractivity contribution in [2.75, 3.05) is 14.1 Å². The highest BCUT2D eigenvalue weighted by atomic mass is 33.1. The van der Waals surface area contributed by atoms with Gasteiger partial charge in [0.15, 0.2) is 0 Å². The van der Waals surface area contributed by atoms with E-state index in [9.17, 15) is 0 Å². The average Bonchev–Trinajstić information content (AvgIpc) is 1.36. The maximum atomic E-state index is 4.67. The van der Waals surface area contributed by atoms with Crippen LogP contribution in [0.25, 0.3) is 0 Å². The van der Waals surface area contributed by atoms with Crippen LogP contribution in [0.5, 0.6) is 0 Å². The molecule has 0 fully saturated rings. The van der Waals surface area contributed by atoms with Crippen molar-refractivity contribution < 1.29 is 0 Å². The Morgan fingerprint density at radius 1 is 1.33 bits per heavy atom. The summed E-state index contributed by atoms with van der Waals surface area (Å²) in [5, 5.41) is 0. The summed E-state index contributed by atoms with van der Waals surface area (Å²) in [6.07, 6.45) is 0. The number of hydrogen-bond donors (Lipinski definition) is 0. The molecule has 0 rings (SSSR count). The predicted octanol–water partition coefficient (Wildman–Crippen LogP) is 0.00510. The van der Waals surface area contributed by atoms with Crippen LogP contribution in [-0.2, 0) is 30.6 Å². The standard InChI is InChI=1S/C2H6NS3/c1-3(2)6(4)5/h1-2H3/q-1. The van der Waals surface area contributed by atoms with Gasteiger partial charge in [-0.05, 0) is 14.1 Å². The van der Waals surface area contributed by atoms with Crippen molar-refractivity contribution in [1.29, 1.82) is 0 Å². The summed E-state index contributed by atoms with van der Waals surface area (Å²) in [5.41, 5.74) is 0. The van der Waals surface area contributed by atoms with E-state index < -0.39 is 0 Å². The monoisotopic (exact) mass is 140 g/mol. The minimum absolute atomic E-state index is 0.367. The summed E-state index contributed by atoms with van der Waals surface area (Å²) in [7, 11) is 3.39. The van der Waals surface area contributed by atoms with E-state index in [0.717, 1.165) is 0 Å². The maximum Gasteiger partial charge on any atom is -0.0322 e. The van der Waals surface area contributed by atoms with E-state index in [1.54, 1.807) is 0 Å². The second-order valence-electron chi connectivity index (χ2n) is 1.03. The average molecular weight is 140 g/mol. The molecular weight excluding hydrogens is 134 g/mol. The molecule has 0 heterocycles. The second kappa shape index (κ2) is 2.85. The molecule has 0 saturated carbocycles. The van der Waals surface area contributed by atoms with Crippen LogP contribution in [0.4, 0.5) is 0 Å². The molecule has 0 bridgehead atoms. The molecule has 0 atom stereocenters. The third-order valence-corrected chi connectivity index (χ3v) is 2.68. The van der Waals surface area contributed by atoms with Gasteiger partial charge in [0.1, 0.15) is 0 Å². The quantitative estimate of drug-likeness (QED) is 0.472. The topological polar surface area (TPSA) is 3.24 Å². The first-order valence-electron chi connectivity index (χ1n) is 1.41. The molecule has 38 valence electrons. The molecular formula is C2H6NS3-. The SMILES string of the molecule is CN(C)[S-](=S)=S. The van der Waals surface area contributed by atoms with Crippen molar-refractivity contribution >= 4 is 30.6 Å². The first kappa shape index (κ1) is 6.75. The lowest BCUT2D eigenvalue weighted by atomic mass is 11.3. The van der Waals surface area contributed by atoms with Crippen molar-refractivity contribution in [3.05, 3.63) is 0 Å². The minimum Gasteiger partial charge on any atom is -0.388 e. The summed E-state index contributed by atoms with van der Waals surface area (Å²) in [6.45, 7) is 0. The molecule has 0 aliphatic rings. The van der Waals surface area contributed by atoms with E-state index in [4.69, 9.17) is 0 Å². The van der Waals surface area contributed by atoms with E-state index in [-0.39, 0.29) is 8.20 Å². The number of rotatable bonds is 1. The molecule has 0 unspecified atom stereocenters. The van der Waals surface area contributed by atoms with Gasteiger partial charge in [0.05, 0.1) is 0 Å². The Hall–Kier alpha value is 0.750. The first-order valence-corrected chi connectivity index (χ1v) is 4.44. The van der Waals surface area contributed by atoms with Crippen LogP contribution >= 0.6 is 0 Å². The molecule has 6 heavy (non-hydrogen) atoms. The molecule has 0 saturated heterocycles. The Morgan fingerprint density at radius 3 is 1.50 bits per heavy atom. The Kier molecular flexibility index (Phi) is 3.20. The van der Waals surface area contributed by atoms with Gasteiger partial charge in [-0.15, -0.1) is 0 Å². The zero-order valence-electron chi connectivity index (χ0n) is 3.67. The van der Waals surface area contributed by atoms with Gasteiger partial charge in [0.25, 0.3) is 0 Å². The van der Waals surface area contributed by atoms with Crippen molar-refractivity contribution in [1.82, 2.24) is 4.31 Å². The van der Waals surface area contributed by atoms with Crippen LogP contribution in [0, 0.1) is 0 Å². The second-order valence-corrected chi connectivity index (χ2v) is 4.72. The summed E-state index contributed by atoms with van der Waals surface area (Å²) in [5.74, 6) is 0. The van der Waals surface area contributed by atoms with E-state index >= 15 is 0 Å². The Balaban J connectivity index is 3.57. The van der Waals surface area contributed by atoms with Gasteiger partial charge in [0.2, 0.25) is 0 Å². The molecule has 0 N–H and O–H groups in total. The number of nitrogens with zero attached hydrogens (tertiary/aromatic N) is 1. The normalized spacial score (nSPS) is 10.7. The van der Waals surface area contributed by atoms with Crippen molar-refractivity contribution in [3.63, 3.8) is 0 Å². The highest BCUT2D eigenvalue weighted by molar-refractivity contribution is 8.45. The van der Waals surface area contributed by atoms with E-state index in [2.05, 4.69) is 22.4 Å². The molecule has 0 spiro atoms. The highest BCUT2D eigenvalue weighted by Gasteiger charge is 1.60. The number of hydrogen-bond acceptors (Lipinski definition) is 3. The summed E-state index contributed by atoms with van der Waals surface area (Å²) >= 11 is 9.34. The zero-order chi connectivity index (χ0) is 5.15. The van der Waals surface area contributed by atoms with Gasteiger partial charge >= 0.3 is 0 Å². The van der Waals surface area contributed by atoms with Gasteiger partial charge in [-0.1, -0.05) is 0 Å². The zero-order valence-corrected chi connectivity index (χ0v) is 6.12. The van der Waals surface area contributed by atoms with E-state index in [1.807, 2.05) is 18.4 Å². The lowest BCUT2D eigenvalue weighted by Crippen LogP contribution is -2.05. The Morgan fingerprint density at radius 2 is 1.50 bits per heavy atom. The van der Waals surface area contributed by atoms with Gasteiger partial charge in [-0.2, -0.15) is 0 Å². The summed E-state index contributed by atoms with van der Waals surface area (Å²) < 4.78 is 1.82.